The van der Waals surface area contributed by atoms with Crippen molar-refractivity contribution in [2.45, 2.75) is 40.0 Å². The van der Waals surface area contributed by atoms with E-state index in [2.05, 4.69) is 98.7 Å². The molecule has 0 atom stereocenters. The lowest BCUT2D eigenvalue weighted by Gasteiger charge is -2.24. The van der Waals surface area contributed by atoms with Crippen LogP contribution in [0.25, 0.3) is 0 Å². The van der Waals surface area contributed by atoms with Crippen molar-refractivity contribution in [3.8, 4) is 0 Å². The van der Waals surface area contributed by atoms with Crippen molar-refractivity contribution in [3.05, 3.63) is 59.7 Å². The molecule has 0 aliphatic heterocycles. The van der Waals surface area contributed by atoms with Gasteiger partial charge in [0.05, 0.1) is 0 Å². The lowest BCUT2D eigenvalue weighted by molar-refractivity contribution is 0.590. The monoisotopic (exact) mass is 369 g/mol. The van der Waals surface area contributed by atoms with Crippen LogP contribution in [0.3, 0.4) is 0 Å². The Morgan fingerprint density at radius 1 is 1.08 bits per heavy atom. The van der Waals surface area contributed by atoms with Crippen molar-refractivity contribution in [3.63, 3.8) is 0 Å². The molecule has 2 aromatic rings. The van der Waals surface area contributed by atoms with Gasteiger partial charge in [0.15, 0.2) is 5.11 Å². The number of aryl methyl sites for hydroxylation is 1. The average molecular weight is 370 g/mol. The number of hydrogen-bond donors (Lipinski definition) is 2. The molecule has 0 saturated heterocycles. The van der Waals surface area contributed by atoms with Crippen LogP contribution in [0, 0.1) is 6.92 Å². The molecule has 0 saturated carbocycles. The third-order valence-electron chi connectivity index (χ3n) is 4.42. The first-order chi connectivity index (χ1) is 12.3. The van der Waals surface area contributed by atoms with Crippen molar-refractivity contribution < 1.29 is 0 Å². The van der Waals surface area contributed by atoms with Crippen LogP contribution in [0.2, 0.25) is 0 Å². The zero-order valence-electron chi connectivity index (χ0n) is 16.6. The maximum absolute atomic E-state index is 5.43. The van der Waals surface area contributed by atoms with Crippen LogP contribution in [0.4, 0.5) is 11.4 Å². The Bertz CT molecular complexity index is 717. The molecule has 0 amide bonds. The zero-order valence-corrected chi connectivity index (χ0v) is 17.4. The van der Waals surface area contributed by atoms with E-state index in [0.717, 1.165) is 25.3 Å². The Labute approximate surface area is 163 Å². The number of hydrogen-bond acceptors (Lipinski definition) is 2. The molecule has 0 bridgehead atoms. The van der Waals surface area contributed by atoms with Crippen LogP contribution in [0.1, 0.15) is 38.8 Å². The van der Waals surface area contributed by atoms with Gasteiger partial charge in [-0.2, -0.15) is 0 Å². The second kappa shape index (κ2) is 9.04. The topological polar surface area (TPSA) is 27.3 Å². The van der Waals surface area contributed by atoms with Gasteiger partial charge in [-0.15, -0.1) is 0 Å². The van der Waals surface area contributed by atoms with E-state index in [1.54, 1.807) is 0 Å². The second-order valence-corrected chi connectivity index (χ2v) is 8.04. The van der Waals surface area contributed by atoms with E-state index in [-0.39, 0.29) is 5.41 Å². The summed E-state index contributed by atoms with van der Waals surface area (Å²) >= 11 is 5.43. The molecule has 0 fully saturated rings. The third-order valence-corrected chi connectivity index (χ3v) is 4.67. The van der Waals surface area contributed by atoms with Crippen molar-refractivity contribution in [1.82, 2.24) is 5.32 Å². The molecule has 0 spiro atoms. The minimum atomic E-state index is 0.163. The Morgan fingerprint density at radius 2 is 1.77 bits per heavy atom. The van der Waals surface area contributed by atoms with Crippen LogP contribution in [-0.2, 0) is 5.41 Å². The maximum atomic E-state index is 5.43. The molecule has 3 nitrogen and oxygen atoms in total. The summed E-state index contributed by atoms with van der Waals surface area (Å²) < 4.78 is 0. The van der Waals surface area contributed by atoms with Gasteiger partial charge in [-0.25, -0.2) is 0 Å². The van der Waals surface area contributed by atoms with Crippen LogP contribution in [0.5, 0.6) is 0 Å². The number of benzene rings is 2. The minimum Gasteiger partial charge on any atom is -0.370 e. The van der Waals surface area contributed by atoms with E-state index in [1.807, 2.05) is 0 Å². The van der Waals surface area contributed by atoms with Gasteiger partial charge in [0, 0.05) is 31.0 Å². The van der Waals surface area contributed by atoms with Crippen molar-refractivity contribution in [1.29, 1.82) is 0 Å². The molecular formula is C22H31N3S. The van der Waals surface area contributed by atoms with Gasteiger partial charge in [0.2, 0.25) is 0 Å². The molecule has 2 aromatic carbocycles. The van der Waals surface area contributed by atoms with Crippen LogP contribution >= 0.6 is 12.2 Å². The molecule has 2 N–H and O–H groups in total. The molecule has 26 heavy (non-hydrogen) atoms. The standard InChI is InChI=1S/C22H31N3S/c1-6-25(20-9-7-8-17(2)16-20)15-14-23-21(26)24-19-12-10-18(11-13-19)22(3,4)5/h7-13,16H,6,14-15H2,1-5H3,(H2,23,24,26). The minimum absolute atomic E-state index is 0.163. The molecule has 0 unspecified atom stereocenters. The molecule has 4 heteroatoms. The molecule has 2 rings (SSSR count). The predicted octanol–water partition coefficient (Wildman–Crippen LogP) is 5.11. The lowest BCUT2D eigenvalue weighted by Crippen LogP contribution is -2.36. The highest BCUT2D eigenvalue weighted by Crippen LogP contribution is 2.23. The van der Waals surface area contributed by atoms with Gasteiger partial charge in [0.1, 0.15) is 0 Å². The Balaban J connectivity index is 1.83. The van der Waals surface area contributed by atoms with Crippen LogP contribution < -0.4 is 15.5 Å². The Hall–Kier alpha value is -2.07. The number of nitrogens with zero attached hydrogens (tertiary/aromatic N) is 1. The smallest absolute Gasteiger partial charge is 0.170 e. The van der Waals surface area contributed by atoms with Crippen molar-refractivity contribution in [2.75, 3.05) is 29.9 Å². The average Bonchev–Trinajstić information content (AvgIpc) is 2.58. The largest absolute Gasteiger partial charge is 0.370 e. The highest BCUT2D eigenvalue weighted by molar-refractivity contribution is 7.80. The summed E-state index contributed by atoms with van der Waals surface area (Å²) in [7, 11) is 0. The first kappa shape index (κ1) is 20.2. The summed E-state index contributed by atoms with van der Waals surface area (Å²) in [5, 5.41) is 7.23. The first-order valence-electron chi connectivity index (χ1n) is 9.26. The van der Waals surface area contributed by atoms with Gasteiger partial charge in [-0.1, -0.05) is 45.0 Å². The number of nitrogens with one attached hydrogen (secondary N) is 2. The number of rotatable bonds is 6. The van der Waals surface area contributed by atoms with Gasteiger partial charge in [-0.05, 0) is 66.9 Å². The van der Waals surface area contributed by atoms with Gasteiger partial charge in [0.25, 0.3) is 0 Å². The summed E-state index contributed by atoms with van der Waals surface area (Å²) in [6.07, 6.45) is 0. The van der Waals surface area contributed by atoms with E-state index in [9.17, 15) is 0 Å². The highest BCUT2D eigenvalue weighted by Gasteiger charge is 2.13. The summed E-state index contributed by atoms with van der Waals surface area (Å²) in [6.45, 7) is 13.6. The summed E-state index contributed by atoms with van der Waals surface area (Å²) in [4.78, 5) is 2.35. The normalized spacial score (nSPS) is 11.1. The number of anilines is 2. The summed E-state index contributed by atoms with van der Waals surface area (Å²) in [5.41, 5.74) is 5.03. The second-order valence-electron chi connectivity index (χ2n) is 7.63. The predicted molar refractivity (Wildman–Crippen MR) is 118 cm³/mol. The van der Waals surface area contributed by atoms with Crippen molar-refractivity contribution in [2.24, 2.45) is 0 Å². The van der Waals surface area contributed by atoms with Crippen LogP contribution in [-0.4, -0.2) is 24.7 Å². The molecule has 0 heterocycles. The third kappa shape index (κ3) is 6.03. The van der Waals surface area contributed by atoms with E-state index < -0.39 is 0 Å². The van der Waals surface area contributed by atoms with Gasteiger partial charge < -0.3 is 15.5 Å². The number of likely N-dealkylation sites (N-methyl/N-ethyl adjacent to an activating group) is 1. The molecule has 140 valence electrons. The van der Waals surface area contributed by atoms with E-state index >= 15 is 0 Å². The highest BCUT2D eigenvalue weighted by atomic mass is 32.1. The van der Waals surface area contributed by atoms with E-state index in [0.29, 0.717) is 5.11 Å². The van der Waals surface area contributed by atoms with Crippen LogP contribution in [0.15, 0.2) is 48.5 Å². The van der Waals surface area contributed by atoms with Gasteiger partial charge in [-0.3, -0.25) is 0 Å². The Kier molecular flexibility index (Phi) is 7.04. The molecule has 0 aromatic heterocycles. The Morgan fingerprint density at radius 3 is 2.35 bits per heavy atom. The summed E-state index contributed by atoms with van der Waals surface area (Å²) in [6, 6.07) is 17.1. The van der Waals surface area contributed by atoms with Gasteiger partial charge >= 0.3 is 0 Å². The molecule has 0 aliphatic carbocycles. The van der Waals surface area contributed by atoms with E-state index in [1.165, 1.54) is 16.8 Å². The quantitative estimate of drug-likeness (QED) is 0.692. The SMILES string of the molecule is CCN(CCNC(=S)Nc1ccc(C(C)(C)C)cc1)c1cccc(C)c1. The summed E-state index contributed by atoms with van der Waals surface area (Å²) in [5.74, 6) is 0. The lowest BCUT2D eigenvalue weighted by atomic mass is 9.87. The molecular weight excluding hydrogens is 338 g/mol. The first-order valence-corrected chi connectivity index (χ1v) is 9.67. The zero-order chi connectivity index (χ0) is 19.2. The molecule has 0 radical (unpaired) electrons. The molecule has 0 aliphatic rings. The van der Waals surface area contributed by atoms with E-state index in [4.69, 9.17) is 12.2 Å². The van der Waals surface area contributed by atoms with Crippen molar-refractivity contribution >= 4 is 28.7 Å². The fourth-order valence-electron chi connectivity index (χ4n) is 2.83. The fraction of sp³-hybridized carbons (Fsp3) is 0.409. The fourth-order valence-corrected chi connectivity index (χ4v) is 3.05. The maximum Gasteiger partial charge on any atom is 0.170 e. The number of thiocarbonyl (C=S) groups is 1.